The number of ketones is 1. The molecule has 3 nitrogen and oxygen atoms in total. The average Bonchev–Trinajstić information content (AvgIpc) is 2.54. The van der Waals surface area contributed by atoms with Crippen LogP contribution < -0.4 is 0 Å². The molecule has 64 valence electrons. The van der Waals surface area contributed by atoms with Crippen LogP contribution in [-0.2, 0) is 0 Å². The monoisotopic (exact) mass is 190 g/mol. The van der Waals surface area contributed by atoms with E-state index in [0.717, 1.165) is 4.88 Å². The molecule has 0 unspecified atom stereocenters. The Morgan fingerprint density at radius 3 is 2.46 bits per heavy atom. The van der Waals surface area contributed by atoms with E-state index in [-0.39, 0.29) is 0 Å². The minimum atomic E-state index is -1.17. The molecular formula is C9H6N2OS. The van der Waals surface area contributed by atoms with Crippen molar-refractivity contribution in [3.8, 4) is 12.1 Å². The van der Waals surface area contributed by atoms with E-state index in [9.17, 15) is 4.79 Å². The van der Waals surface area contributed by atoms with E-state index in [0.29, 0.717) is 4.88 Å². The van der Waals surface area contributed by atoms with Crippen molar-refractivity contribution in [3.63, 3.8) is 0 Å². The van der Waals surface area contributed by atoms with Crippen LogP contribution >= 0.6 is 11.3 Å². The number of rotatable bonds is 2. The van der Waals surface area contributed by atoms with Gasteiger partial charge in [0.2, 0.25) is 5.78 Å². The van der Waals surface area contributed by atoms with Gasteiger partial charge in [-0.3, -0.25) is 4.79 Å². The minimum Gasteiger partial charge on any atom is -0.291 e. The van der Waals surface area contributed by atoms with Crippen LogP contribution in [0.2, 0.25) is 0 Å². The summed E-state index contributed by atoms with van der Waals surface area (Å²) < 4.78 is 0. The molecule has 0 aromatic carbocycles. The highest BCUT2D eigenvalue weighted by atomic mass is 32.1. The molecule has 0 saturated carbocycles. The van der Waals surface area contributed by atoms with E-state index in [1.54, 1.807) is 24.3 Å². The molecule has 0 atom stereocenters. The molecule has 0 aliphatic heterocycles. The summed E-state index contributed by atoms with van der Waals surface area (Å²) in [4.78, 5) is 12.9. The van der Waals surface area contributed by atoms with Gasteiger partial charge in [0.1, 0.15) is 0 Å². The van der Waals surface area contributed by atoms with E-state index in [1.165, 1.54) is 11.3 Å². The second-order valence-electron chi connectivity index (χ2n) is 2.47. The van der Waals surface area contributed by atoms with Gasteiger partial charge in [-0.05, 0) is 19.1 Å². The summed E-state index contributed by atoms with van der Waals surface area (Å²) >= 11 is 1.30. The molecule has 0 N–H and O–H groups in total. The lowest BCUT2D eigenvalue weighted by Gasteiger charge is -1.93. The zero-order valence-corrected chi connectivity index (χ0v) is 7.76. The zero-order chi connectivity index (χ0) is 9.84. The average molecular weight is 190 g/mol. The van der Waals surface area contributed by atoms with Crippen LogP contribution in [0.1, 0.15) is 14.5 Å². The fraction of sp³-hybridized carbons (Fsp3) is 0.222. The maximum absolute atomic E-state index is 11.4. The largest absolute Gasteiger partial charge is 0.291 e. The Morgan fingerprint density at radius 2 is 2.08 bits per heavy atom. The van der Waals surface area contributed by atoms with Gasteiger partial charge >= 0.3 is 0 Å². The predicted octanol–water partition coefficient (Wildman–Crippen LogP) is 1.90. The van der Waals surface area contributed by atoms with Gasteiger partial charge in [0.15, 0.2) is 5.92 Å². The van der Waals surface area contributed by atoms with Gasteiger partial charge in [-0.15, -0.1) is 11.3 Å². The van der Waals surface area contributed by atoms with Gasteiger partial charge in [-0.1, -0.05) is 0 Å². The lowest BCUT2D eigenvalue weighted by atomic mass is 10.1. The smallest absolute Gasteiger partial charge is 0.204 e. The van der Waals surface area contributed by atoms with Gasteiger partial charge in [0.25, 0.3) is 0 Å². The number of Topliss-reactive ketones (excluding diaryl/α,β-unsaturated/α-hetero) is 1. The summed E-state index contributed by atoms with van der Waals surface area (Å²) in [6, 6.07) is 6.75. The summed E-state index contributed by atoms with van der Waals surface area (Å²) in [5.41, 5.74) is 0. The molecule has 1 heterocycles. The third-order valence-corrected chi connectivity index (χ3v) is 2.52. The Morgan fingerprint density at radius 1 is 1.46 bits per heavy atom. The molecule has 0 saturated heterocycles. The first-order valence-corrected chi connectivity index (χ1v) is 4.40. The molecule has 4 heteroatoms. The van der Waals surface area contributed by atoms with Gasteiger partial charge in [0, 0.05) is 4.88 Å². The molecule has 0 aliphatic rings. The number of nitrogens with zero attached hydrogens (tertiary/aromatic N) is 2. The Hall–Kier alpha value is -1.65. The van der Waals surface area contributed by atoms with Crippen LogP contribution in [0.15, 0.2) is 12.1 Å². The van der Waals surface area contributed by atoms with Crippen LogP contribution in [0.25, 0.3) is 0 Å². The Balaban J connectivity index is 2.94. The van der Waals surface area contributed by atoms with Crippen LogP contribution in [0.5, 0.6) is 0 Å². The van der Waals surface area contributed by atoms with Crippen molar-refractivity contribution < 1.29 is 4.79 Å². The molecule has 0 amide bonds. The van der Waals surface area contributed by atoms with Gasteiger partial charge in [0.05, 0.1) is 17.0 Å². The summed E-state index contributed by atoms with van der Waals surface area (Å²) in [7, 11) is 0. The summed E-state index contributed by atoms with van der Waals surface area (Å²) in [6.45, 7) is 1.87. The second-order valence-corrected chi connectivity index (χ2v) is 3.75. The Kier molecular flexibility index (Phi) is 2.79. The normalized spacial score (nSPS) is 9.23. The fourth-order valence-corrected chi connectivity index (χ4v) is 1.69. The van der Waals surface area contributed by atoms with Crippen molar-refractivity contribution in [2.45, 2.75) is 6.92 Å². The molecule has 0 bridgehead atoms. The minimum absolute atomic E-state index is 0.400. The standard InChI is InChI=1S/C9H6N2OS/c1-6-2-3-8(13-6)9(12)7(4-10)5-11/h2-3,7H,1H3. The van der Waals surface area contributed by atoms with Crippen molar-refractivity contribution in [2.24, 2.45) is 5.92 Å². The highest BCUT2D eigenvalue weighted by Crippen LogP contribution is 2.18. The third-order valence-electron chi connectivity index (χ3n) is 1.50. The molecule has 1 aromatic heterocycles. The van der Waals surface area contributed by atoms with Crippen molar-refractivity contribution in [3.05, 3.63) is 21.9 Å². The molecule has 13 heavy (non-hydrogen) atoms. The lowest BCUT2D eigenvalue weighted by molar-refractivity contribution is 0.0975. The number of carbonyl (C=O) groups excluding carboxylic acids is 1. The predicted molar refractivity (Wildman–Crippen MR) is 48.1 cm³/mol. The number of nitriles is 2. The zero-order valence-electron chi connectivity index (χ0n) is 6.94. The van der Waals surface area contributed by atoms with E-state index in [4.69, 9.17) is 10.5 Å². The van der Waals surface area contributed by atoms with Crippen molar-refractivity contribution in [1.29, 1.82) is 10.5 Å². The molecule has 0 fully saturated rings. The molecule has 1 rings (SSSR count). The van der Waals surface area contributed by atoms with Gasteiger partial charge in [-0.2, -0.15) is 10.5 Å². The SMILES string of the molecule is Cc1ccc(C(=O)C(C#N)C#N)s1. The van der Waals surface area contributed by atoms with Crippen molar-refractivity contribution in [2.75, 3.05) is 0 Å². The molecule has 0 aliphatic carbocycles. The third kappa shape index (κ3) is 1.93. The maximum atomic E-state index is 11.4. The van der Waals surface area contributed by atoms with Crippen molar-refractivity contribution >= 4 is 17.1 Å². The van der Waals surface area contributed by atoms with E-state index < -0.39 is 11.7 Å². The summed E-state index contributed by atoms with van der Waals surface area (Å²) in [5.74, 6) is -1.57. The Bertz CT molecular complexity index is 394. The van der Waals surface area contributed by atoms with E-state index >= 15 is 0 Å². The van der Waals surface area contributed by atoms with Crippen molar-refractivity contribution in [1.82, 2.24) is 0 Å². The fourth-order valence-electron chi connectivity index (χ4n) is 0.855. The van der Waals surface area contributed by atoms with Crippen LogP contribution in [0.4, 0.5) is 0 Å². The summed E-state index contributed by atoms with van der Waals surface area (Å²) in [6.07, 6.45) is 0. The van der Waals surface area contributed by atoms with E-state index in [2.05, 4.69) is 0 Å². The molecule has 1 aromatic rings. The quantitative estimate of drug-likeness (QED) is 0.669. The summed E-state index contributed by atoms with van der Waals surface area (Å²) in [5, 5.41) is 17.0. The number of thiophene rings is 1. The number of aryl methyl sites for hydroxylation is 1. The number of hydrogen-bond donors (Lipinski definition) is 0. The van der Waals surface area contributed by atoms with Crippen LogP contribution in [0.3, 0.4) is 0 Å². The number of hydrogen-bond acceptors (Lipinski definition) is 4. The Labute approximate surface area is 79.8 Å². The van der Waals surface area contributed by atoms with Crippen LogP contribution in [-0.4, -0.2) is 5.78 Å². The first-order chi connectivity index (χ1) is 6.19. The van der Waals surface area contributed by atoms with E-state index in [1.807, 2.05) is 6.92 Å². The highest BCUT2D eigenvalue weighted by Gasteiger charge is 2.19. The van der Waals surface area contributed by atoms with Gasteiger partial charge in [-0.25, -0.2) is 0 Å². The molecule has 0 spiro atoms. The highest BCUT2D eigenvalue weighted by molar-refractivity contribution is 7.14. The topological polar surface area (TPSA) is 64.7 Å². The lowest BCUT2D eigenvalue weighted by Crippen LogP contribution is -2.08. The van der Waals surface area contributed by atoms with Gasteiger partial charge < -0.3 is 0 Å². The van der Waals surface area contributed by atoms with Crippen LogP contribution in [0, 0.1) is 35.5 Å². The molecular weight excluding hydrogens is 184 g/mol. The first-order valence-electron chi connectivity index (χ1n) is 3.59. The second kappa shape index (κ2) is 3.84. The number of carbonyl (C=O) groups is 1. The first kappa shape index (κ1) is 9.44. The molecule has 0 radical (unpaired) electrons. The maximum Gasteiger partial charge on any atom is 0.204 e.